The average molecular weight is 492 g/mol. The molecule has 0 fully saturated rings. The van der Waals surface area contributed by atoms with Gasteiger partial charge in [0.05, 0.1) is 31.4 Å². The SMILES string of the molecule is COc1cccc(C(C#N)(CCCN(C)CCc2ccc(OC)c3c2CCCN3C(C)=O)C(C)C)c1. The number of amides is 1. The number of fused-ring (bicyclic) bond motifs is 1. The molecular formula is C30H41N3O3. The quantitative estimate of drug-likeness (QED) is 0.423. The molecule has 1 amide bonds. The molecule has 0 aromatic heterocycles. The van der Waals surface area contributed by atoms with Gasteiger partial charge in [-0.25, -0.2) is 0 Å². The van der Waals surface area contributed by atoms with E-state index in [0.29, 0.717) is 0 Å². The number of anilines is 1. The molecule has 0 spiro atoms. The van der Waals surface area contributed by atoms with Gasteiger partial charge in [-0.2, -0.15) is 5.26 Å². The fraction of sp³-hybridized carbons (Fsp3) is 0.533. The van der Waals surface area contributed by atoms with Gasteiger partial charge >= 0.3 is 0 Å². The number of rotatable bonds is 11. The zero-order valence-corrected chi connectivity index (χ0v) is 22.8. The van der Waals surface area contributed by atoms with Crippen LogP contribution in [-0.4, -0.2) is 51.7 Å². The van der Waals surface area contributed by atoms with Gasteiger partial charge in [-0.3, -0.25) is 4.79 Å². The fourth-order valence-corrected chi connectivity index (χ4v) is 5.44. The lowest BCUT2D eigenvalue weighted by atomic mass is 9.70. The predicted octanol–water partition coefficient (Wildman–Crippen LogP) is 5.37. The Bertz CT molecular complexity index is 1090. The molecule has 6 nitrogen and oxygen atoms in total. The molecule has 0 N–H and O–H groups in total. The third kappa shape index (κ3) is 5.84. The molecule has 0 bridgehead atoms. The summed E-state index contributed by atoms with van der Waals surface area (Å²) in [4.78, 5) is 16.5. The summed E-state index contributed by atoms with van der Waals surface area (Å²) in [6.07, 6.45) is 4.58. The Balaban J connectivity index is 1.66. The molecular weight excluding hydrogens is 450 g/mol. The highest BCUT2D eigenvalue weighted by Gasteiger charge is 2.36. The molecule has 0 radical (unpaired) electrons. The van der Waals surface area contributed by atoms with E-state index in [2.05, 4.69) is 37.9 Å². The van der Waals surface area contributed by atoms with Gasteiger partial charge in [0.1, 0.15) is 11.5 Å². The van der Waals surface area contributed by atoms with Crippen molar-refractivity contribution in [2.24, 2.45) is 5.92 Å². The summed E-state index contributed by atoms with van der Waals surface area (Å²) >= 11 is 0. The van der Waals surface area contributed by atoms with Crippen LogP contribution in [0.3, 0.4) is 0 Å². The van der Waals surface area contributed by atoms with Crippen molar-refractivity contribution >= 4 is 11.6 Å². The van der Waals surface area contributed by atoms with Crippen molar-refractivity contribution in [1.29, 1.82) is 5.26 Å². The molecule has 1 aliphatic heterocycles. The second-order valence-electron chi connectivity index (χ2n) is 10.2. The highest BCUT2D eigenvalue weighted by Crippen LogP contribution is 2.39. The first-order chi connectivity index (χ1) is 17.3. The molecule has 2 aromatic rings. The first-order valence-corrected chi connectivity index (χ1v) is 13.0. The van der Waals surface area contributed by atoms with Crippen molar-refractivity contribution in [2.45, 2.75) is 58.3 Å². The van der Waals surface area contributed by atoms with Crippen LogP contribution < -0.4 is 14.4 Å². The molecule has 36 heavy (non-hydrogen) atoms. The van der Waals surface area contributed by atoms with Gasteiger partial charge in [-0.05, 0) is 86.5 Å². The molecule has 1 unspecified atom stereocenters. The molecule has 0 saturated heterocycles. The zero-order chi connectivity index (χ0) is 26.3. The maximum atomic E-state index is 12.2. The number of hydrogen-bond acceptors (Lipinski definition) is 5. The van der Waals surface area contributed by atoms with Crippen LogP contribution in [0.25, 0.3) is 0 Å². The maximum absolute atomic E-state index is 12.2. The van der Waals surface area contributed by atoms with E-state index < -0.39 is 5.41 Å². The lowest BCUT2D eigenvalue weighted by Gasteiger charge is -2.33. The summed E-state index contributed by atoms with van der Waals surface area (Å²) in [6.45, 7) is 8.45. The summed E-state index contributed by atoms with van der Waals surface area (Å²) in [7, 11) is 5.47. The van der Waals surface area contributed by atoms with Crippen LogP contribution in [0.1, 0.15) is 56.7 Å². The number of likely N-dealkylation sites (N-methyl/N-ethyl adjacent to an activating group) is 1. The molecule has 6 heteroatoms. The number of carbonyl (C=O) groups is 1. The normalized spacial score (nSPS) is 14.8. The largest absolute Gasteiger partial charge is 0.497 e. The van der Waals surface area contributed by atoms with Gasteiger partial charge in [0.2, 0.25) is 5.91 Å². The van der Waals surface area contributed by atoms with Crippen LogP contribution in [0.4, 0.5) is 5.69 Å². The number of methoxy groups -OCH3 is 2. The minimum absolute atomic E-state index is 0.0608. The molecule has 1 atom stereocenters. The van der Waals surface area contributed by atoms with Gasteiger partial charge < -0.3 is 19.3 Å². The number of hydrogen-bond donors (Lipinski definition) is 0. The Morgan fingerprint density at radius 2 is 1.97 bits per heavy atom. The molecule has 3 rings (SSSR count). The van der Waals surface area contributed by atoms with Crippen LogP contribution in [0.5, 0.6) is 11.5 Å². The van der Waals surface area contributed by atoms with Crippen LogP contribution in [0.15, 0.2) is 36.4 Å². The molecule has 194 valence electrons. The third-order valence-corrected chi connectivity index (χ3v) is 7.66. The topological polar surface area (TPSA) is 65.8 Å². The van der Waals surface area contributed by atoms with E-state index in [1.54, 1.807) is 21.1 Å². The average Bonchev–Trinajstić information content (AvgIpc) is 2.89. The lowest BCUT2D eigenvalue weighted by molar-refractivity contribution is -0.116. The Morgan fingerprint density at radius 1 is 1.19 bits per heavy atom. The number of carbonyl (C=O) groups excluding carboxylic acids is 1. The summed E-state index contributed by atoms with van der Waals surface area (Å²) in [6, 6.07) is 14.7. The van der Waals surface area contributed by atoms with Crippen molar-refractivity contribution < 1.29 is 14.3 Å². The van der Waals surface area contributed by atoms with Crippen molar-refractivity contribution in [1.82, 2.24) is 4.90 Å². The van der Waals surface area contributed by atoms with Crippen molar-refractivity contribution in [3.05, 3.63) is 53.1 Å². The first-order valence-electron chi connectivity index (χ1n) is 13.0. The summed E-state index contributed by atoms with van der Waals surface area (Å²) < 4.78 is 11.0. The minimum atomic E-state index is -0.541. The Kier molecular flexibility index (Phi) is 9.39. The number of benzene rings is 2. The Labute approximate surface area is 216 Å². The zero-order valence-electron chi connectivity index (χ0n) is 22.8. The summed E-state index contributed by atoms with van der Waals surface area (Å²) in [5.41, 5.74) is 3.96. The number of nitriles is 1. The highest BCUT2D eigenvalue weighted by molar-refractivity contribution is 5.95. The monoisotopic (exact) mass is 491 g/mol. The van der Waals surface area contributed by atoms with Crippen LogP contribution in [-0.2, 0) is 23.1 Å². The summed E-state index contributed by atoms with van der Waals surface area (Å²) in [5.74, 6) is 1.81. The smallest absolute Gasteiger partial charge is 0.223 e. The van der Waals surface area contributed by atoms with Crippen molar-refractivity contribution in [2.75, 3.05) is 45.8 Å². The van der Waals surface area contributed by atoms with E-state index in [9.17, 15) is 10.1 Å². The molecule has 1 aliphatic rings. The minimum Gasteiger partial charge on any atom is -0.497 e. The van der Waals surface area contributed by atoms with Gasteiger partial charge in [0.25, 0.3) is 0 Å². The van der Waals surface area contributed by atoms with E-state index in [-0.39, 0.29) is 11.8 Å². The standard InChI is InChI=1S/C30H41N3O3/c1-22(2)30(21-31,25-10-7-11-26(20-25)35-5)16-9-17-32(4)19-15-24-13-14-28(36-6)29-27(24)12-8-18-33(29)23(3)34/h7,10-11,13-14,20,22H,8-9,12,15-19H2,1-6H3. The van der Waals surface area contributed by atoms with E-state index in [0.717, 1.165) is 74.5 Å². The fourth-order valence-electron chi connectivity index (χ4n) is 5.44. The van der Waals surface area contributed by atoms with E-state index >= 15 is 0 Å². The van der Waals surface area contributed by atoms with Crippen molar-refractivity contribution in [3.63, 3.8) is 0 Å². The molecule has 2 aromatic carbocycles. The van der Waals surface area contributed by atoms with Crippen LogP contribution in [0, 0.1) is 17.2 Å². The van der Waals surface area contributed by atoms with Crippen LogP contribution >= 0.6 is 0 Å². The third-order valence-electron chi connectivity index (χ3n) is 7.66. The maximum Gasteiger partial charge on any atom is 0.223 e. The van der Waals surface area contributed by atoms with E-state index in [1.165, 1.54) is 11.1 Å². The lowest BCUT2D eigenvalue weighted by Crippen LogP contribution is -2.34. The molecule has 0 aliphatic carbocycles. The second-order valence-corrected chi connectivity index (χ2v) is 10.2. The van der Waals surface area contributed by atoms with Crippen LogP contribution in [0.2, 0.25) is 0 Å². The van der Waals surface area contributed by atoms with Crippen molar-refractivity contribution in [3.8, 4) is 17.6 Å². The first kappa shape index (κ1) is 27.5. The number of ether oxygens (including phenoxy) is 2. The molecule has 0 saturated carbocycles. The Hall–Kier alpha value is -3.04. The highest BCUT2D eigenvalue weighted by atomic mass is 16.5. The summed E-state index contributed by atoms with van der Waals surface area (Å²) in [5, 5.41) is 10.3. The Morgan fingerprint density at radius 3 is 2.61 bits per heavy atom. The van der Waals surface area contributed by atoms with Gasteiger partial charge in [-0.15, -0.1) is 0 Å². The second kappa shape index (κ2) is 12.3. The van der Waals surface area contributed by atoms with Gasteiger partial charge in [0, 0.05) is 20.0 Å². The van der Waals surface area contributed by atoms with Gasteiger partial charge in [0.15, 0.2) is 0 Å². The predicted molar refractivity (Wildman–Crippen MR) is 145 cm³/mol. The van der Waals surface area contributed by atoms with Gasteiger partial charge in [-0.1, -0.05) is 32.0 Å². The molecule has 1 heterocycles. The van der Waals surface area contributed by atoms with E-state index in [4.69, 9.17) is 9.47 Å². The van der Waals surface area contributed by atoms with E-state index in [1.807, 2.05) is 35.2 Å². The number of nitrogens with zero attached hydrogens (tertiary/aromatic N) is 3.